The topological polar surface area (TPSA) is 44.1 Å². The van der Waals surface area contributed by atoms with E-state index in [2.05, 4.69) is 0 Å². The third-order valence-electron chi connectivity index (χ3n) is 5.29. The zero-order valence-electron chi connectivity index (χ0n) is 17.4. The first-order valence-corrected chi connectivity index (χ1v) is 11.1. The Hall–Kier alpha value is -3.60. The van der Waals surface area contributed by atoms with Gasteiger partial charge in [-0.25, -0.2) is 4.98 Å². The summed E-state index contributed by atoms with van der Waals surface area (Å²) in [6.07, 6.45) is 0. The number of benzene rings is 4. The first-order chi connectivity index (χ1) is 16.1. The molecule has 33 heavy (non-hydrogen) atoms. The Labute approximate surface area is 200 Å². The van der Waals surface area contributed by atoms with Crippen LogP contribution in [0.15, 0.2) is 102 Å². The van der Waals surface area contributed by atoms with Crippen molar-refractivity contribution in [3.63, 3.8) is 0 Å². The van der Waals surface area contributed by atoms with Crippen LogP contribution in [0.25, 0.3) is 28.0 Å². The maximum Gasteiger partial charge on any atom is 0.266 e. The first kappa shape index (κ1) is 21.3. The normalized spacial score (nSPS) is 11.0. The lowest BCUT2D eigenvalue weighted by Crippen LogP contribution is -2.21. The summed E-state index contributed by atoms with van der Waals surface area (Å²) in [6, 6.07) is 29.6. The molecule has 5 rings (SSSR count). The summed E-state index contributed by atoms with van der Waals surface area (Å²) in [6.45, 7) is 0.421. The summed E-state index contributed by atoms with van der Waals surface area (Å²) in [5.41, 5.74) is 3.02. The third-order valence-corrected chi connectivity index (χ3v) is 5.80. The largest absolute Gasteiger partial charge is 0.489 e. The number of aromatic nitrogens is 2. The molecule has 0 saturated carbocycles. The van der Waals surface area contributed by atoms with Gasteiger partial charge in [-0.05, 0) is 78.4 Å². The van der Waals surface area contributed by atoms with Gasteiger partial charge in [0, 0.05) is 15.6 Å². The molecule has 6 heteroatoms. The minimum Gasteiger partial charge on any atom is -0.489 e. The fourth-order valence-electron chi connectivity index (χ4n) is 3.60. The van der Waals surface area contributed by atoms with Crippen LogP contribution >= 0.6 is 23.2 Å². The van der Waals surface area contributed by atoms with E-state index in [0.29, 0.717) is 44.8 Å². The molecule has 1 aromatic heterocycles. The second kappa shape index (κ2) is 9.10. The molecule has 0 amide bonds. The average Bonchev–Trinajstić information content (AvgIpc) is 2.85. The molecule has 0 spiro atoms. The van der Waals surface area contributed by atoms with E-state index in [4.69, 9.17) is 32.9 Å². The van der Waals surface area contributed by atoms with Crippen molar-refractivity contribution in [2.75, 3.05) is 0 Å². The highest BCUT2D eigenvalue weighted by molar-refractivity contribution is 6.30. The zero-order valence-corrected chi connectivity index (χ0v) is 18.9. The molecular weight excluding hydrogens is 455 g/mol. The maximum absolute atomic E-state index is 13.5. The van der Waals surface area contributed by atoms with Gasteiger partial charge < -0.3 is 4.74 Å². The van der Waals surface area contributed by atoms with Gasteiger partial charge in [0.25, 0.3) is 5.56 Å². The molecule has 4 aromatic carbocycles. The van der Waals surface area contributed by atoms with Crippen molar-refractivity contribution in [1.82, 2.24) is 9.55 Å². The number of para-hydroxylation sites is 1. The lowest BCUT2D eigenvalue weighted by molar-refractivity contribution is 0.306. The Balaban J connectivity index is 1.53. The van der Waals surface area contributed by atoms with Crippen LogP contribution in [0.2, 0.25) is 10.0 Å². The number of ether oxygens (including phenoxy) is 1. The summed E-state index contributed by atoms with van der Waals surface area (Å²) in [5, 5.41) is 1.86. The Bertz CT molecular complexity index is 1480. The van der Waals surface area contributed by atoms with Crippen molar-refractivity contribution in [2.45, 2.75) is 6.61 Å². The molecule has 0 unspecified atom stereocenters. The summed E-state index contributed by atoms with van der Waals surface area (Å²) >= 11 is 12.0. The molecule has 0 bridgehead atoms. The Kier molecular flexibility index (Phi) is 5.86. The highest BCUT2D eigenvalue weighted by atomic mass is 35.5. The van der Waals surface area contributed by atoms with Gasteiger partial charge in [0.05, 0.1) is 16.6 Å². The van der Waals surface area contributed by atoms with Gasteiger partial charge in [-0.15, -0.1) is 0 Å². The maximum atomic E-state index is 13.5. The second-order valence-corrected chi connectivity index (χ2v) is 8.38. The van der Waals surface area contributed by atoms with Gasteiger partial charge in [-0.2, -0.15) is 0 Å². The van der Waals surface area contributed by atoms with Gasteiger partial charge in [0.1, 0.15) is 18.2 Å². The van der Waals surface area contributed by atoms with Gasteiger partial charge in [0.15, 0.2) is 0 Å². The van der Waals surface area contributed by atoms with Crippen molar-refractivity contribution < 1.29 is 4.74 Å². The molecule has 5 aromatic rings. The van der Waals surface area contributed by atoms with E-state index in [-0.39, 0.29) is 5.56 Å². The van der Waals surface area contributed by atoms with E-state index in [9.17, 15) is 4.79 Å². The third kappa shape index (κ3) is 4.49. The molecule has 162 valence electrons. The van der Waals surface area contributed by atoms with Crippen LogP contribution in [-0.4, -0.2) is 9.55 Å². The minimum atomic E-state index is -0.139. The summed E-state index contributed by atoms with van der Waals surface area (Å²) in [5.74, 6) is 1.24. The number of halogens is 2. The van der Waals surface area contributed by atoms with Gasteiger partial charge in [-0.3, -0.25) is 9.36 Å². The summed E-state index contributed by atoms with van der Waals surface area (Å²) < 4.78 is 7.51. The molecule has 0 N–H and O–H groups in total. The van der Waals surface area contributed by atoms with Gasteiger partial charge in [0.2, 0.25) is 0 Å². The Morgan fingerprint density at radius 1 is 0.758 bits per heavy atom. The Morgan fingerprint density at radius 3 is 2.09 bits per heavy atom. The first-order valence-electron chi connectivity index (χ1n) is 10.3. The van der Waals surface area contributed by atoms with E-state index in [1.54, 1.807) is 22.8 Å². The molecule has 4 nitrogen and oxygen atoms in total. The van der Waals surface area contributed by atoms with Crippen LogP contribution in [0.1, 0.15) is 5.56 Å². The van der Waals surface area contributed by atoms with Crippen LogP contribution in [0.4, 0.5) is 0 Å². The number of fused-ring (bicyclic) bond motifs is 1. The van der Waals surface area contributed by atoms with Crippen molar-refractivity contribution >= 4 is 34.1 Å². The van der Waals surface area contributed by atoms with Crippen LogP contribution < -0.4 is 10.3 Å². The average molecular weight is 473 g/mol. The summed E-state index contributed by atoms with van der Waals surface area (Å²) in [4.78, 5) is 18.3. The van der Waals surface area contributed by atoms with Gasteiger partial charge >= 0.3 is 0 Å². The van der Waals surface area contributed by atoms with E-state index < -0.39 is 0 Å². The van der Waals surface area contributed by atoms with Crippen molar-refractivity contribution in [2.24, 2.45) is 0 Å². The monoisotopic (exact) mass is 472 g/mol. The van der Waals surface area contributed by atoms with Crippen LogP contribution in [0.5, 0.6) is 5.75 Å². The molecule has 0 aliphatic rings. The highest BCUT2D eigenvalue weighted by Crippen LogP contribution is 2.25. The van der Waals surface area contributed by atoms with Gasteiger partial charge in [-0.1, -0.05) is 47.5 Å². The fraction of sp³-hybridized carbons (Fsp3) is 0.0370. The molecule has 0 fully saturated rings. The SMILES string of the molecule is O=c1c2ccccc2nc(-c2ccc(Cl)cc2)n1-c1ccc(OCc2ccc(Cl)cc2)cc1. The van der Waals surface area contributed by atoms with Crippen LogP contribution in [0.3, 0.4) is 0 Å². The second-order valence-electron chi connectivity index (χ2n) is 7.51. The number of rotatable bonds is 5. The highest BCUT2D eigenvalue weighted by Gasteiger charge is 2.14. The quantitative estimate of drug-likeness (QED) is 0.278. The summed E-state index contributed by atoms with van der Waals surface area (Å²) in [7, 11) is 0. The molecule has 1 heterocycles. The lowest BCUT2D eigenvalue weighted by Gasteiger charge is -2.15. The fourth-order valence-corrected chi connectivity index (χ4v) is 3.86. The van der Waals surface area contributed by atoms with E-state index in [1.165, 1.54) is 0 Å². The molecule has 0 atom stereocenters. The minimum absolute atomic E-state index is 0.139. The van der Waals surface area contributed by atoms with E-state index in [0.717, 1.165) is 11.1 Å². The van der Waals surface area contributed by atoms with E-state index in [1.807, 2.05) is 78.9 Å². The van der Waals surface area contributed by atoms with Crippen molar-refractivity contribution in [1.29, 1.82) is 0 Å². The number of nitrogens with zero attached hydrogens (tertiary/aromatic N) is 2. The number of hydrogen-bond acceptors (Lipinski definition) is 3. The van der Waals surface area contributed by atoms with Crippen molar-refractivity contribution in [3.8, 4) is 22.8 Å². The Morgan fingerprint density at radius 2 is 1.39 bits per heavy atom. The zero-order chi connectivity index (χ0) is 22.8. The molecule has 0 aliphatic carbocycles. The number of hydrogen-bond donors (Lipinski definition) is 0. The van der Waals surface area contributed by atoms with Crippen LogP contribution in [0, 0.1) is 0 Å². The predicted octanol–water partition coefficient (Wildman–Crippen LogP) is 6.94. The molecule has 0 aliphatic heterocycles. The molecular formula is C27H18Cl2N2O2. The standard InChI is InChI=1S/C27H18Cl2N2O2/c28-20-9-5-18(6-10-20)17-33-23-15-13-22(14-16-23)31-26(19-7-11-21(29)12-8-19)30-25-4-2-1-3-24(25)27(31)32/h1-16H,17H2. The van der Waals surface area contributed by atoms with Crippen LogP contribution in [-0.2, 0) is 6.61 Å². The molecule has 0 saturated heterocycles. The smallest absolute Gasteiger partial charge is 0.266 e. The molecule has 0 radical (unpaired) electrons. The predicted molar refractivity (Wildman–Crippen MR) is 134 cm³/mol. The lowest BCUT2D eigenvalue weighted by atomic mass is 10.1. The van der Waals surface area contributed by atoms with E-state index >= 15 is 0 Å². The van der Waals surface area contributed by atoms with Crippen molar-refractivity contribution in [3.05, 3.63) is 123 Å².